The van der Waals surface area contributed by atoms with Crippen LogP contribution in [0.3, 0.4) is 0 Å². The minimum absolute atomic E-state index is 0.432. The van der Waals surface area contributed by atoms with Crippen molar-refractivity contribution in [3.8, 4) is 6.07 Å². The molecule has 1 N–H and O–H groups in total. The Morgan fingerprint density at radius 2 is 2.22 bits per heavy atom. The molecule has 1 saturated carbocycles. The predicted octanol–water partition coefficient (Wildman–Crippen LogP) is 0.838. The van der Waals surface area contributed by atoms with Crippen molar-refractivity contribution in [3.05, 3.63) is 35.6 Å². The summed E-state index contributed by atoms with van der Waals surface area (Å²) in [7, 11) is -3.48. The third-order valence-corrected chi connectivity index (χ3v) is 5.01. The predicted molar refractivity (Wildman–Crippen MR) is 62.9 cm³/mol. The van der Waals surface area contributed by atoms with Gasteiger partial charge in [-0.25, -0.2) is 12.8 Å². The number of aliphatic hydroxyl groups is 1. The van der Waals surface area contributed by atoms with Crippen LogP contribution >= 0.6 is 0 Å². The molecular weight excluding hydrogens is 257 g/mol. The van der Waals surface area contributed by atoms with E-state index in [1.807, 2.05) is 6.07 Å². The fraction of sp³-hybridized carbons (Fsp3) is 0.417. The highest BCUT2D eigenvalue weighted by Crippen LogP contribution is 2.62. The summed E-state index contributed by atoms with van der Waals surface area (Å²) < 4.78 is 36.4. The van der Waals surface area contributed by atoms with E-state index < -0.39 is 38.8 Å². The van der Waals surface area contributed by atoms with E-state index in [2.05, 4.69) is 0 Å². The van der Waals surface area contributed by atoms with E-state index in [0.29, 0.717) is 5.56 Å². The van der Waals surface area contributed by atoms with Crippen molar-refractivity contribution in [2.75, 3.05) is 12.9 Å². The minimum Gasteiger partial charge on any atom is -0.395 e. The lowest BCUT2D eigenvalue weighted by Crippen LogP contribution is -2.16. The van der Waals surface area contributed by atoms with Crippen molar-refractivity contribution < 1.29 is 17.9 Å². The Kier molecular flexibility index (Phi) is 2.92. The van der Waals surface area contributed by atoms with Gasteiger partial charge in [0.2, 0.25) is 0 Å². The van der Waals surface area contributed by atoms with Gasteiger partial charge in [-0.15, -0.1) is 0 Å². The second-order valence-corrected chi connectivity index (χ2v) is 6.76. The second kappa shape index (κ2) is 4.04. The van der Waals surface area contributed by atoms with E-state index in [9.17, 15) is 17.9 Å². The zero-order chi connectivity index (χ0) is 13.6. The zero-order valence-corrected chi connectivity index (χ0v) is 10.5. The van der Waals surface area contributed by atoms with Crippen LogP contribution in [-0.4, -0.2) is 31.6 Å². The molecule has 3 atom stereocenters. The Hall–Kier alpha value is -1.45. The summed E-state index contributed by atoms with van der Waals surface area (Å²) in [6, 6.07) is 7.36. The standard InChI is InChI=1S/C12H12FNO3S/c1-18(16,17)11-10(12(11,6-14)7-15)8-3-2-4-9(13)5-8/h2-5,10-11,15H,7H2,1H3/t10-,11+,12+/m0/s1. The maximum absolute atomic E-state index is 13.1. The Bertz CT molecular complexity index is 622. The summed E-state index contributed by atoms with van der Waals surface area (Å²) in [4.78, 5) is 0. The van der Waals surface area contributed by atoms with Gasteiger partial charge in [-0.3, -0.25) is 0 Å². The molecule has 0 spiro atoms. The third-order valence-electron chi connectivity index (χ3n) is 3.40. The van der Waals surface area contributed by atoms with Crippen molar-refractivity contribution in [1.82, 2.24) is 0 Å². The summed E-state index contributed by atoms with van der Waals surface area (Å²) >= 11 is 0. The van der Waals surface area contributed by atoms with Gasteiger partial charge in [0.15, 0.2) is 9.84 Å². The first-order valence-corrected chi connectivity index (χ1v) is 7.28. The van der Waals surface area contributed by atoms with Crippen LogP contribution in [0.2, 0.25) is 0 Å². The highest BCUT2D eigenvalue weighted by atomic mass is 32.2. The zero-order valence-electron chi connectivity index (χ0n) is 9.67. The molecule has 6 heteroatoms. The molecule has 18 heavy (non-hydrogen) atoms. The minimum atomic E-state index is -3.48. The van der Waals surface area contributed by atoms with Gasteiger partial charge in [0.1, 0.15) is 11.2 Å². The van der Waals surface area contributed by atoms with Crippen LogP contribution in [0.5, 0.6) is 0 Å². The largest absolute Gasteiger partial charge is 0.395 e. The number of aliphatic hydroxyl groups excluding tert-OH is 1. The number of sulfone groups is 1. The fourth-order valence-electron chi connectivity index (χ4n) is 2.56. The first-order valence-electron chi connectivity index (χ1n) is 5.33. The van der Waals surface area contributed by atoms with Gasteiger partial charge in [0.25, 0.3) is 0 Å². The van der Waals surface area contributed by atoms with Crippen LogP contribution in [0.1, 0.15) is 11.5 Å². The van der Waals surface area contributed by atoms with Crippen LogP contribution in [-0.2, 0) is 9.84 Å². The monoisotopic (exact) mass is 269 g/mol. The highest BCUT2D eigenvalue weighted by molar-refractivity contribution is 7.91. The van der Waals surface area contributed by atoms with Crippen LogP contribution in [0.25, 0.3) is 0 Å². The molecule has 4 nitrogen and oxygen atoms in total. The van der Waals surface area contributed by atoms with E-state index in [-0.39, 0.29) is 0 Å². The Labute approximate surface area is 105 Å². The number of rotatable bonds is 3. The summed E-state index contributed by atoms with van der Waals surface area (Å²) in [5.41, 5.74) is -0.914. The van der Waals surface area contributed by atoms with Crippen LogP contribution in [0.15, 0.2) is 24.3 Å². The number of hydrogen-bond acceptors (Lipinski definition) is 4. The first kappa shape index (κ1) is 13.0. The first-order chi connectivity index (χ1) is 8.36. The van der Waals surface area contributed by atoms with Gasteiger partial charge in [0.05, 0.1) is 17.9 Å². The van der Waals surface area contributed by atoms with Crippen molar-refractivity contribution in [2.45, 2.75) is 11.2 Å². The smallest absolute Gasteiger partial charge is 0.152 e. The molecule has 0 bridgehead atoms. The number of hydrogen-bond donors (Lipinski definition) is 1. The summed E-state index contributed by atoms with van der Waals surface area (Å²) in [6.07, 6.45) is 1.03. The van der Waals surface area contributed by atoms with E-state index in [1.54, 1.807) is 6.07 Å². The van der Waals surface area contributed by atoms with Crippen LogP contribution in [0, 0.1) is 22.6 Å². The summed E-state index contributed by atoms with van der Waals surface area (Å²) in [6.45, 7) is -0.553. The molecule has 0 heterocycles. The molecule has 1 fully saturated rings. The molecule has 0 aromatic heterocycles. The van der Waals surface area contributed by atoms with Gasteiger partial charge < -0.3 is 5.11 Å². The van der Waals surface area contributed by atoms with Crippen LogP contribution in [0.4, 0.5) is 4.39 Å². The number of benzene rings is 1. The van der Waals surface area contributed by atoms with E-state index in [4.69, 9.17) is 5.26 Å². The van der Waals surface area contributed by atoms with Crippen LogP contribution < -0.4 is 0 Å². The lowest BCUT2D eigenvalue weighted by Gasteiger charge is -2.03. The Morgan fingerprint density at radius 3 is 2.61 bits per heavy atom. The normalized spacial score (nSPS) is 30.8. The lowest BCUT2D eigenvalue weighted by molar-refractivity contribution is 0.242. The molecule has 0 amide bonds. The highest BCUT2D eigenvalue weighted by Gasteiger charge is 2.70. The fourth-order valence-corrected chi connectivity index (χ4v) is 4.42. The molecule has 96 valence electrons. The summed E-state index contributed by atoms with van der Waals surface area (Å²) in [5, 5.41) is 17.5. The maximum Gasteiger partial charge on any atom is 0.152 e. The molecule has 0 aliphatic heterocycles. The van der Waals surface area contributed by atoms with Gasteiger partial charge in [0, 0.05) is 12.2 Å². The average Bonchev–Trinajstić information content (AvgIpc) is 2.98. The quantitative estimate of drug-likeness (QED) is 0.882. The second-order valence-electron chi connectivity index (χ2n) is 4.59. The topological polar surface area (TPSA) is 78.2 Å². The van der Waals surface area contributed by atoms with Gasteiger partial charge in [-0.1, -0.05) is 12.1 Å². The molecule has 0 unspecified atom stereocenters. The maximum atomic E-state index is 13.1. The average molecular weight is 269 g/mol. The van der Waals surface area contributed by atoms with Crippen molar-refractivity contribution in [2.24, 2.45) is 5.41 Å². The third kappa shape index (κ3) is 1.80. The lowest BCUT2D eigenvalue weighted by atomic mass is 10.0. The van der Waals surface area contributed by atoms with Gasteiger partial charge in [-0.05, 0) is 17.7 Å². The Balaban J connectivity index is 2.49. The van der Waals surface area contributed by atoms with E-state index in [0.717, 1.165) is 6.26 Å². The van der Waals surface area contributed by atoms with Crippen molar-refractivity contribution in [3.63, 3.8) is 0 Å². The van der Waals surface area contributed by atoms with Crippen molar-refractivity contribution >= 4 is 9.84 Å². The summed E-state index contributed by atoms with van der Waals surface area (Å²) in [5.74, 6) is -1.16. The molecule has 2 rings (SSSR count). The van der Waals surface area contributed by atoms with Crippen molar-refractivity contribution in [1.29, 1.82) is 5.26 Å². The SMILES string of the molecule is CS(=O)(=O)[C@@H]1[C@H](c2cccc(F)c2)[C@@]1(C#N)CO. The molecule has 1 aromatic carbocycles. The molecule has 0 radical (unpaired) electrons. The molecular formula is C12H12FNO3S. The molecule has 1 aromatic rings. The Morgan fingerprint density at radius 1 is 1.56 bits per heavy atom. The number of nitriles is 1. The van der Waals surface area contributed by atoms with E-state index in [1.165, 1.54) is 18.2 Å². The molecule has 1 aliphatic carbocycles. The number of nitrogens with zero attached hydrogens (tertiary/aromatic N) is 1. The van der Waals surface area contributed by atoms with Gasteiger partial charge >= 0.3 is 0 Å². The molecule has 1 aliphatic rings. The van der Waals surface area contributed by atoms with E-state index >= 15 is 0 Å². The van der Waals surface area contributed by atoms with Gasteiger partial charge in [-0.2, -0.15) is 5.26 Å². The molecule has 0 saturated heterocycles. The number of halogens is 1.